The van der Waals surface area contributed by atoms with Gasteiger partial charge < -0.3 is 9.72 Å². The smallest absolute Gasteiger partial charge is 0.251 e. The monoisotopic (exact) mass is 234 g/mol. The van der Waals surface area contributed by atoms with E-state index in [1.165, 1.54) is 19.3 Å². The molecule has 1 unspecified atom stereocenters. The number of aromatic amines is 1. The lowest BCUT2D eigenvalue weighted by Crippen LogP contribution is -2.24. The molecule has 0 spiro atoms. The van der Waals surface area contributed by atoms with Gasteiger partial charge in [-0.25, -0.2) is 4.98 Å². The minimum atomic E-state index is -0.0206. The van der Waals surface area contributed by atoms with Crippen LogP contribution in [0.1, 0.15) is 49.5 Å². The maximum absolute atomic E-state index is 11.5. The van der Waals surface area contributed by atoms with E-state index < -0.39 is 0 Å². The van der Waals surface area contributed by atoms with Crippen LogP contribution in [0.25, 0.3) is 0 Å². The molecule has 92 valence electrons. The molecular weight excluding hydrogens is 216 g/mol. The van der Waals surface area contributed by atoms with Crippen molar-refractivity contribution in [2.24, 2.45) is 0 Å². The van der Waals surface area contributed by atoms with Crippen LogP contribution in [0.3, 0.4) is 0 Å². The fraction of sp³-hybridized carbons (Fsp3) is 0.692. The quantitative estimate of drug-likeness (QED) is 0.867. The summed E-state index contributed by atoms with van der Waals surface area (Å²) in [6.07, 6.45) is 6.79. The average Bonchev–Trinajstić information content (AvgIpc) is 3.13. The molecule has 3 rings (SSSR count). The maximum Gasteiger partial charge on any atom is 0.251 e. The molecule has 1 saturated heterocycles. The SMILES string of the molecule is O=c1cc(C2CC2)nc(CC2CCCCO2)[nH]1. The van der Waals surface area contributed by atoms with Gasteiger partial charge in [-0.3, -0.25) is 4.79 Å². The topological polar surface area (TPSA) is 55.0 Å². The fourth-order valence-electron chi connectivity index (χ4n) is 2.40. The van der Waals surface area contributed by atoms with E-state index >= 15 is 0 Å². The molecule has 1 aromatic rings. The summed E-state index contributed by atoms with van der Waals surface area (Å²) < 4.78 is 5.68. The molecule has 1 aromatic heterocycles. The van der Waals surface area contributed by atoms with Gasteiger partial charge in [-0.15, -0.1) is 0 Å². The highest BCUT2D eigenvalue weighted by Gasteiger charge is 2.26. The highest BCUT2D eigenvalue weighted by molar-refractivity contribution is 5.14. The van der Waals surface area contributed by atoms with Gasteiger partial charge in [-0.05, 0) is 32.1 Å². The number of nitrogens with zero attached hydrogens (tertiary/aromatic N) is 1. The first-order valence-corrected chi connectivity index (χ1v) is 6.53. The normalized spacial score (nSPS) is 24.8. The summed E-state index contributed by atoms with van der Waals surface area (Å²) in [7, 11) is 0. The maximum atomic E-state index is 11.5. The van der Waals surface area contributed by atoms with Gasteiger partial charge in [0.05, 0.1) is 11.8 Å². The lowest BCUT2D eigenvalue weighted by Gasteiger charge is -2.22. The zero-order valence-corrected chi connectivity index (χ0v) is 9.95. The molecule has 2 aliphatic rings. The number of nitrogens with one attached hydrogen (secondary N) is 1. The summed E-state index contributed by atoms with van der Waals surface area (Å²) in [5.41, 5.74) is 0.951. The molecule has 0 aromatic carbocycles. The van der Waals surface area contributed by atoms with Crippen molar-refractivity contribution in [3.63, 3.8) is 0 Å². The third-order valence-electron chi connectivity index (χ3n) is 3.50. The third-order valence-corrected chi connectivity index (χ3v) is 3.50. The summed E-state index contributed by atoms with van der Waals surface area (Å²) in [5, 5.41) is 0. The number of hydrogen-bond donors (Lipinski definition) is 1. The fourth-order valence-corrected chi connectivity index (χ4v) is 2.40. The first kappa shape index (κ1) is 11.0. The van der Waals surface area contributed by atoms with Gasteiger partial charge in [0.25, 0.3) is 5.56 Å². The molecule has 2 heterocycles. The van der Waals surface area contributed by atoms with Crippen LogP contribution >= 0.6 is 0 Å². The standard InChI is InChI=1S/C13H18N2O2/c16-13-8-11(9-4-5-9)14-12(15-13)7-10-3-1-2-6-17-10/h8-10H,1-7H2,(H,14,15,16). The van der Waals surface area contributed by atoms with E-state index in [0.717, 1.165) is 37.4 Å². The van der Waals surface area contributed by atoms with Gasteiger partial charge in [0, 0.05) is 25.0 Å². The van der Waals surface area contributed by atoms with Crippen molar-refractivity contribution < 1.29 is 4.74 Å². The van der Waals surface area contributed by atoms with Crippen molar-refractivity contribution in [1.29, 1.82) is 0 Å². The van der Waals surface area contributed by atoms with Crippen molar-refractivity contribution in [3.8, 4) is 0 Å². The molecule has 0 radical (unpaired) electrons. The molecule has 1 atom stereocenters. The van der Waals surface area contributed by atoms with Crippen LogP contribution < -0.4 is 5.56 Å². The highest BCUT2D eigenvalue weighted by Crippen LogP contribution is 2.38. The molecule has 1 saturated carbocycles. The number of hydrogen-bond acceptors (Lipinski definition) is 3. The average molecular weight is 234 g/mol. The van der Waals surface area contributed by atoms with Gasteiger partial charge in [0.1, 0.15) is 5.82 Å². The molecule has 1 N–H and O–H groups in total. The Balaban J connectivity index is 1.74. The molecule has 4 nitrogen and oxygen atoms in total. The van der Waals surface area contributed by atoms with Crippen LogP contribution in [0.5, 0.6) is 0 Å². The van der Waals surface area contributed by atoms with Crippen LogP contribution in [-0.2, 0) is 11.2 Å². The summed E-state index contributed by atoms with van der Waals surface area (Å²) in [6.45, 7) is 0.844. The first-order valence-electron chi connectivity index (χ1n) is 6.53. The van der Waals surface area contributed by atoms with Crippen LogP contribution in [0.4, 0.5) is 0 Å². The van der Waals surface area contributed by atoms with Crippen molar-refractivity contribution >= 4 is 0 Å². The first-order chi connectivity index (χ1) is 8.31. The van der Waals surface area contributed by atoms with E-state index in [4.69, 9.17) is 4.74 Å². The molecule has 0 amide bonds. The van der Waals surface area contributed by atoms with Crippen molar-refractivity contribution in [1.82, 2.24) is 9.97 Å². The van der Waals surface area contributed by atoms with Crippen LogP contribution in [0.2, 0.25) is 0 Å². The minimum Gasteiger partial charge on any atom is -0.378 e. The van der Waals surface area contributed by atoms with E-state index in [0.29, 0.717) is 5.92 Å². The van der Waals surface area contributed by atoms with E-state index in [1.807, 2.05) is 0 Å². The number of rotatable bonds is 3. The molecule has 4 heteroatoms. The highest BCUT2D eigenvalue weighted by atomic mass is 16.5. The zero-order valence-electron chi connectivity index (χ0n) is 9.95. The predicted octanol–water partition coefficient (Wildman–Crippen LogP) is 1.76. The van der Waals surface area contributed by atoms with Crippen molar-refractivity contribution in [2.45, 2.75) is 50.5 Å². The molecular formula is C13H18N2O2. The van der Waals surface area contributed by atoms with E-state index in [1.54, 1.807) is 6.07 Å². The second kappa shape index (κ2) is 4.61. The summed E-state index contributed by atoms with van der Waals surface area (Å²) in [4.78, 5) is 18.9. The lowest BCUT2D eigenvalue weighted by atomic mass is 10.1. The Kier molecular flexibility index (Phi) is 2.97. The summed E-state index contributed by atoms with van der Waals surface area (Å²) in [6, 6.07) is 1.64. The Morgan fingerprint density at radius 1 is 1.35 bits per heavy atom. The number of aromatic nitrogens is 2. The summed E-state index contributed by atoms with van der Waals surface area (Å²) >= 11 is 0. The van der Waals surface area contributed by atoms with Gasteiger partial charge >= 0.3 is 0 Å². The van der Waals surface area contributed by atoms with Gasteiger partial charge in [-0.1, -0.05) is 0 Å². The minimum absolute atomic E-state index is 0.0206. The van der Waals surface area contributed by atoms with Crippen molar-refractivity contribution in [3.05, 3.63) is 27.9 Å². The predicted molar refractivity (Wildman–Crippen MR) is 64.1 cm³/mol. The van der Waals surface area contributed by atoms with Gasteiger partial charge in [0.15, 0.2) is 0 Å². The number of ether oxygens (including phenoxy) is 1. The molecule has 1 aliphatic heterocycles. The Hall–Kier alpha value is -1.16. The second-order valence-corrected chi connectivity index (χ2v) is 5.08. The van der Waals surface area contributed by atoms with E-state index in [9.17, 15) is 4.79 Å². The van der Waals surface area contributed by atoms with Crippen LogP contribution in [0.15, 0.2) is 10.9 Å². The third kappa shape index (κ3) is 2.75. The molecule has 17 heavy (non-hydrogen) atoms. The Bertz CT molecular complexity index is 445. The largest absolute Gasteiger partial charge is 0.378 e. The van der Waals surface area contributed by atoms with Gasteiger partial charge in [-0.2, -0.15) is 0 Å². The van der Waals surface area contributed by atoms with Crippen LogP contribution in [-0.4, -0.2) is 22.7 Å². The molecule has 2 fully saturated rings. The zero-order chi connectivity index (χ0) is 11.7. The van der Waals surface area contributed by atoms with Crippen molar-refractivity contribution in [2.75, 3.05) is 6.61 Å². The second-order valence-electron chi connectivity index (χ2n) is 5.08. The van der Waals surface area contributed by atoms with E-state index in [-0.39, 0.29) is 11.7 Å². The molecule has 0 bridgehead atoms. The van der Waals surface area contributed by atoms with Gasteiger partial charge in [0.2, 0.25) is 0 Å². The summed E-state index contributed by atoms with van der Waals surface area (Å²) in [5.74, 6) is 1.33. The Labute approximate surface area is 100 Å². The Morgan fingerprint density at radius 3 is 2.94 bits per heavy atom. The lowest BCUT2D eigenvalue weighted by molar-refractivity contribution is 0.0156. The number of H-pyrrole nitrogens is 1. The molecule has 1 aliphatic carbocycles. The van der Waals surface area contributed by atoms with E-state index in [2.05, 4.69) is 9.97 Å². The van der Waals surface area contributed by atoms with Crippen LogP contribution in [0, 0.1) is 0 Å². The Morgan fingerprint density at radius 2 is 2.24 bits per heavy atom.